The van der Waals surface area contributed by atoms with Crippen molar-refractivity contribution >= 4 is 5.91 Å². The number of phenols is 1. The van der Waals surface area contributed by atoms with Crippen LogP contribution in [0.15, 0.2) is 24.3 Å². The normalized spacial score (nSPS) is 17.8. The van der Waals surface area contributed by atoms with Crippen LogP contribution in [0.5, 0.6) is 5.75 Å². The second kappa shape index (κ2) is 5.83. The van der Waals surface area contributed by atoms with Crippen molar-refractivity contribution in [2.45, 2.75) is 39.2 Å². The first-order chi connectivity index (χ1) is 9.43. The smallest absolute Gasteiger partial charge is 0.237 e. The molecule has 1 aromatic rings. The largest absolute Gasteiger partial charge is 0.508 e. The number of nitrogens with two attached hydrogens (primary N) is 1. The van der Waals surface area contributed by atoms with Gasteiger partial charge in [0, 0.05) is 6.54 Å². The Balaban J connectivity index is 1.82. The van der Waals surface area contributed by atoms with Crippen molar-refractivity contribution < 1.29 is 9.90 Å². The van der Waals surface area contributed by atoms with Crippen LogP contribution in [0.3, 0.4) is 0 Å². The summed E-state index contributed by atoms with van der Waals surface area (Å²) < 4.78 is 0. The number of phenolic OH excluding ortho intramolecular Hbond substituents is 1. The molecule has 0 heterocycles. The van der Waals surface area contributed by atoms with Crippen LogP contribution >= 0.6 is 0 Å². The quantitative estimate of drug-likeness (QED) is 0.742. The SMILES string of the molecule is CC(C)C1(CNC(=O)[C@@H](N)Cc2ccc(O)cc2)CC1. The van der Waals surface area contributed by atoms with Gasteiger partial charge < -0.3 is 16.2 Å². The molecule has 4 N–H and O–H groups in total. The fourth-order valence-corrected chi connectivity index (χ4v) is 2.49. The van der Waals surface area contributed by atoms with E-state index in [0.29, 0.717) is 17.8 Å². The van der Waals surface area contributed by atoms with Crippen LogP contribution in [0, 0.1) is 11.3 Å². The maximum Gasteiger partial charge on any atom is 0.237 e. The molecule has 1 fully saturated rings. The van der Waals surface area contributed by atoms with Gasteiger partial charge in [-0.05, 0) is 48.3 Å². The molecule has 2 rings (SSSR count). The Morgan fingerprint density at radius 3 is 2.45 bits per heavy atom. The number of benzene rings is 1. The minimum absolute atomic E-state index is 0.0926. The second-order valence-electron chi connectivity index (χ2n) is 6.21. The van der Waals surface area contributed by atoms with Gasteiger partial charge in [0.15, 0.2) is 0 Å². The Morgan fingerprint density at radius 1 is 1.35 bits per heavy atom. The third kappa shape index (κ3) is 3.51. The van der Waals surface area contributed by atoms with Crippen LogP contribution in [0.4, 0.5) is 0 Å². The Kier molecular flexibility index (Phi) is 4.33. The molecular weight excluding hydrogens is 252 g/mol. The van der Waals surface area contributed by atoms with E-state index < -0.39 is 6.04 Å². The highest BCUT2D eigenvalue weighted by Crippen LogP contribution is 2.51. The van der Waals surface area contributed by atoms with Gasteiger partial charge in [-0.3, -0.25) is 4.79 Å². The summed E-state index contributed by atoms with van der Waals surface area (Å²) in [7, 11) is 0. The molecule has 0 aromatic heterocycles. The number of carbonyl (C=O) groups excluding carboxylic acids is 1. The van der Waals surface area contributed by atoms with E-state index >= 15 is 0 Å². The molecule has 0 radical (unpaired) electrons. The van der Waals surface area contributed by atoms with Gasteiger partial charge in [-0.25, -0.2) is 0 Å². The van der Waals surface area contributed by atoms with Crippen molar-refractivity contribution in [3.63, 3.8) is 0 Å². The number of hydrogen-bond acceptors (Lipinski definition) is 3. The van der Waals surface area contributed by atoms with Crippen LogP contribution < -0.4 is 11.1 Å². The van der Waals surface area contributed by atoms with E-state index in [1.165, 1.54) is 12.8 Å². The van der Waals surface area contributed by atoms with E-state index in [-0.39, 0.29) is 11.7 Å². The van der Waals surface area contributed by atoms with Gasteiger partial charge in [0.25, 0.3) is 0 Å². The van der Waals surface area contributed by atoms with Crippen molar-refractivity contribution in [3.8, 4) is 5.75 Å². The molecule has 1 aliphatic carbocycles. The van der Waals surface area contributed by atoms with Crippen molar-refractivity contribution in [1.29, 1.82) is 0 Å². The fourth-order valence-electron chi connectivity index (χ4n) is 2.49. The third-order valence-electron chi connectivity index (χ3n) is 4.46. The zero-order valence-electron chi connectivity index (χ0n) is 12.2. The first-order valence-electron chi connectivity index (χ1n) is 7.24. The summed E-state index contributed by atoms with van der Waals surface area (Å²) in [6.45, 7) is 5.14. The van der Waals surface area contributed by atoms with Gasteiger partial charge in [0.1, 0.15) is 5.75 Å². The fraction of sp³-hybridized carbons (Fsp3) is 0.562. The monoisotopic (exact) mass is 276 g/mol. The summed E-state index contributed by atoms with van der Waals surface area (Å²) in [5.74, 6) is 0.723. The number of aromatic hydroxyl groups is 1. The zero-order valence-corrected chi connectivity index (χ0v) is 12.2. The summed E-state index contributed by atoms with van der Waals surface area (Å²) >= 11 is 0. The summed E-state index contributed by atoms with van der Waals surface area (Å²) in [4.78, 5) is 12.0. The van der Waals surface area contributed by atoms with Crippen LogP contribution in [-0.4, -0.2) is 23.6 Å². The lowest BCUT2D eigenvalue weighted by molar-refractivity contribution is -0.122. The van der Waals surface area contributed by atoms with Gasteiger partial charge in [-0.1, -0.05) is 26.0 Å². The summed E-state index contributed by atoms with van der Waals surface area (Å²) in [5.41, 5.74) is 7.19. The highest BCUT2D eigenvalue weighted by atomic mass is 16.3. The highest BCUT2D eigenvalue weighted by Gasteiger charge is 2.45. The van der Waals surface area contributed by atoms with E-state index in [0.717, 1.165) is 12.1 Å². The van der Waals surface area contributed by atoms with Gasteiger partial charge in [0.05, 0.1) is 6.04 Å². The van der Waals surface area contributed by atoms with Gasteiger partial charge in [0.2, 0.25) is 5.91 Å². The average molecular weight is 276 g/mol. The predicted octanol–water partition coefficient (Wildman–Crippen LogP) is 1.81. The van der Waals surface area contributed by atoms with Crippen LogP contribution in [0.1, 0.15) is 32.3 Å². The highest BCUT2D eigenvalue weighted by molar-refractivity contribution is 5.81. The van der Waals surface area contributed by atoms with Gasteiger partial charge in [-0.2, -0.15) is 0 Å². The molecule has 1 aromatic carbocycles. The molecule has 20 heavy (non-hydrogen) atoms. The summed E-state index contributed by atoms with van der Waals surface area (Å²) in [6, 6.07) is 6.26. The Hall–Kier alpha value is -1.55. The molecule has 0 saturated heterocycles. The summed E-state index contributed by atoms with van der Waals surface area (Å²) in [5, 5.41) is 12.2. The number of nitrogens with one attached hydrogen (secondary N) is 1. The molecule has 110 valence electrons. The topological polar surface area (TPSA) is 75.4 Å². The molecule has 1 aliphatic rings. The van der Waals surface area contributed by atoms with E-state index in [9.17, 15) is 9.90 Å². The van der Waals surface area contributed by atoms with E-state index in [2.05, 4.69) is 19.2 Å². The number of rotatable bonds is 6. The molecule has 4 heteroatoms. The van der Waals surface area contributed by atoms with E-state index in [1.807, 2.05) is 0 Å². The lowest BCUT2D eigenvalue weighted by Crippen LogP contribution is -2.44. The zero-order chi connectivity index (χ0) is 14.8. The third-order valence-corrected chi connectivity index (χ3v) is 4.46. The number of hydrogen-bond donors (Lipinski definition) is 3. The molecule has 1 atom stereocenters. The lowest BCUT2D eigenvalue weighted by Gasteiger charge is -2.21. The molecule has 0 aliphatic heterocycles. The summed E-state index contributed by atoms with van der Waals surface area (Å²) in [6.07, 6.45) is 2.87. The average Bonchev–Trinajstić information content (AvgIpc) is 3.20. The molecule has 0 unspecified atom stereocenters. The van der Waals surface area contributed by atoms with Crippen LogP contribution in [-0.2, 0) is 11.2 Å². The van der Waals surface area contributed by atoms with Crippen LogP contribution in [0.2, 0.25) is 0 Å². The molecule has 1 saturated carbocycles. The molecular formula is C16H24N2O2. The maximum absolute atomic E-state index is 12.0. The Morgan fingerprint density at radius 2 is 1.95 bits per heavy atom. The van der Waals surface area contributed by atoms with Gasteiger partial charge >= 0.3 is 0 Å². The van der Waals surface area contributed by atoms with Crippen molar-refractivity contribution in [1.82, 2.24) is 5.32 Å². The van der Waals surface area contributed by atoms with E-state index in [1.54, 1.807) is 24.3 Å². The van der Waals surface area contributed by atoms with Crippen molar-refractivity contribution in [2.75, 3.05) is 6.54 Å². The van der Waals surface area contributed by atoms with Crippen LogP contribution in [0.25, 0.3) is 0 Å². The Bertz CT molecular complexity index is 464. The molecule has 1 amide bonds. The first-order valence-corrected chi connectivity index (χ1v) is 7.24. The Labute approximate surface area is 120 Å². The number of carbonyl (C=O) groups is 1. The molecule has 0 bridgehead atoms. The standard InChI is InChI=1S/C16H24N2O2/c1-11(2)16(7-8-16)10-18-15(20)14(17)9-12-3-5-13(19)6-4-12/h3-6,11,14,19H,7-10,17H2,1-2H3,(H,18,20)/t14-/m0/s1. The molecule has 0 spiro atoms. The van der Waals surface area contributed by atoms with Gasteiger partial charge in [-0.15, -0.1) is 0 Å². The first kappa shape index (κ1) is 14.9. The van der Waals surface area contributed by atoms with E-state index in [4.69, 9.17) is 5.73 Å². The maximum atomic E-state index is 12.0. The second-order valence-corrected chi connectivity index (χ2v) is 6.21. The predicted molar refractivity (Wildman–Crippen MR) is 79.3 cm³/mol. The number of amides is 1. The lowest BCUT2D eigenvalue weighted by atomic mass is 9.92. The van der Waals surface area contributed by atoms with Crippen molar-refractivity contribution in [2.24, 2.45) is 17.1 Å². The molecule has 4 nitrogen and oxygen atoms in total. The minimum atomic E-state index is -0.539. The van der Waals surface area contributed by atoms with Crippen molar-refractivity contribution in [3.05, 3.63) is 29.8 Å². The minimum Gasteiger partial charge on any atom is -0.508 e.